The van der Waals surface area contributed by atoms with Gasteiger partial charge in [0.1, 0.15) is 35.7 Å². The maximum atomic E-state index is 15.0. The van der Waals surface area contributed by atoms with E-state index in [0.717, 1.165) is 12.1 Å². The molecule has 10 nitrogen and oxygen atoms in total. The summed E-state index contributed by atoms with van der Waals surface area (Å²) in [6, 6.07) is 3.01. The molecule has 1 amide bonds. The van der Waals surface area contributed by atoms with E-state index >= 15 is 8.78 Å². The molecule has 1 aromatic carbocycles. The molecule has 38 heavy (non-hydrogen) atoms. The number of benzene rings is 1. The number of ether oxygens (including phenoxy) is 2. The lowest BCUT2D eigenvalue weighted by molar-refractivity contribution is -0.0864. The number of amides is 1. The van der Waals surface area contributed by atoms with Crippen LogP contribution in [0.15, 0.2) is 24.5 Å². The molecule has 2 atom stereocenters. The summed E-state index contributed by atoms with van der Waals surface area (Å²) >= 11 is 0. The molecule has 0 unspecified atom stereocenters. The van der Waals surface area contributed by atoms with Crippen LogP contribution in [0.4, 0.5) is 19.0 Å². The first kappa shape index (κ1) is 26.1. The zero-order chi connectivity index (χ0) is 26.9. The molecule has 4 heterocycles. The minimum Gasteiger partial charge on any atom is -0.485 e. The van der Waals surface area contributed by atoms with Gasteiger partial charge in [0.05, 0.1) is 11.3 Å². The number of nitrogens with one attached hydrogen (secondary N) is 2. The van der Waals surface area contributed by atoms with E-state index in [0.29, 0.717) is 19.8 Å². The largest absolute Gasteiger partial charge is 0.485 e. The standard InChI is InChI=1S/C25H27F3N6O4/c26-14-7-15(10-30-9-14)33-24-21-20(31-12-32-24)16(23(29)35)8-19(34-21)13-5-17(27)22(18(28)6-13)38-11-25(36)1-3-37-4-2-25/h5-6,8,12,14-15,30,36H,1-4,7,9-11H2,(H2,29,35)(H,31,32,33)/t14-,15-/m0/s1. The summed E-state index contributed by atoms with van der Waals surface area (Å²) in [5.74, 6) is -3.25. The van der Waals surface area contributed by atoms with Gasteiger partial charge in [-0.3, -0.25) is 4.79 Å². The minimum atomic E-state index is -1.24. The molecule has 0 aliphatic carbocycles. The number of carbonyl (C=O) groups excluding carboxylic acids is 1. The number of pyridine rings is 1. The zero-order valence-corrected chi connectivity index (χ0v) is 20.3. The lowest BCUT2D eigenvalue weighted by atomic mass is 9.96. The normalized spacial score (nSPS) is 21.3. The number of aliphatic hydroxyl groups is 1. The van der Waals surface area contributed by atoms with Crippen molar-refractivity contribution in [3.8, 4) is 17.0 Å². The maximum Gasteiger partial charge on any atom is 0.251 e. The number of rotatable bonds is 7. The molecule has 0 spiro atoms. The van der Waals surface area contributed by atoms with Crippen LogP contribution in [0.3, 0.4) is 0 Å². The summed E-state index contributed by atoms with van der Waals surface area (Å²) in [5.41, 5.74) is 4.65. The Morgan fingerprint density at radius 2 is 1.92 bits per heavy atom. The number of nitrogens with two attached hydrogens (primary N) is 1. The van der Waals surface area contributed by atoms with Crippen molar-refractivity contribution >= 4 is 22.8 Å². The Bertz CT molecular complexity index is 1330. The van der Waals surface area contributed by atoms with Gasteiger partial charge in [-0.05, 0) is 18.2 Å². The average Bonchev–Trinajstić information content (AvgIpc) is 2.88. The Morgan fingerprint density at radius 1 is 1.18 bits per heavy atom. The quantitative estimate of drug-likeness (QED) is 0.360. The lowest BCUT2D eigenvalue weighted by Gasteiger charge is -2.31. The Morgan fingerprint density at radius 3 is 2.61 bits per heavy atom. The van der Waals surface area contributed by atoms with Gasteiger partial charge in [0.2, 0.25) is 0 Å². The van der Waals surface area contributed by atoms with E-state index in [2.05, 4.69) is 25.6 Å². The van der Waals surface area contributed by atoms with Crippen LogP contribution in [0.1, 0.15) is 29.6 Å². The molecule has 3 aromatic rings. The molecule has 202 valence electrons. The van der Waals surface area contributed by atoms with Crippen molar-refractivity contribution in [3.63, 3.8) is 0 Å². The van der Waals surface area contributed by atoms with Crippen molar-refractivity contribution in [1.82, 2.24) is 20.3 Å². The summed E-state index contributed by atoms with van der Waals surface area (Å²) in [5, 5.41) is 16.6. The molecule has 5 rings (SSSR count). The summed E-state index contributed by atoms with van der Waals surface area (Å²) in [7, 11) is 0. The fraction of sp³-hybridized carbons (Fsp3) is 0.440. The van der Waals surface area contributed by atoms with Crippen molar-refractivity contribution < 1.29 is 32.5 Å². The van der Waals surface area contributed by atoms with Crippen LogP contribution in [-0.2, 0) is 4.74 Å². The predicted octanol–water partition coefficient (Wildman–Crippen LogP) is 2.10. The van der Waals surface area contributed by atoms with Crippen LogP contribution < -0.4 is 21.1 Å². The van der Waals surface area contributed by atoms with Gasteiger partial charge in [-0.1, -0.05) is 0 Å². The number of anilines is 1. The van der Waals surface area contributed by atoms with Crippen LogP contribution in [0.2, 0.25) is 0 Å². The monoisotopic (exact) mass is 532 g/mol. The number of carbonyl (C=O) groups is 1. The first-order chi connectivity index (χ1) is 18.2. The summed E-state index contributed by atoms with van der Waals surface area (Å²) in [6.07, 6.45) is 0.984. The van der Waals surface area contributed by atoms with Gasteiger partial charge in [0.25, 0.3) is 5.91 Å². The van der Waals surface area contributed by atoms with Crippen molar-refractivity contribution in [2.75, 3.05) is 38.2 Å². The Labute approximate surface area is 215 Å². The summed E-state index contributed by atoms with van der Waals surface area (Å²) in [6.45, 7) is 1.08. The molecule has 0 radical (unpaired) electrons. The topological polar surface area (TPSA) is 145 Å². The maximum absolute atomic E-state index is 15.0. The average molecular weight is 533 g/mol. The van der Waals surface area contributed by atoms with Gasteiger partial charge in [0, 0.05) is 57.2 Å². The van der Waals surface area contributed by atoms with E-state index < -0.39 is 35.1 Å². The smallest absolute Gasteiger partial charge is 0.251 e. The van der Waals surface area contributed by atoms with Gasteiger partial charge in [-0.15, -0.1) is 0 Å². The first-order valence-corrected chi connectivity index (χ1v) is 12.2. The van der Waals surface area contributed by atoms with Crippen molar-refractivity contribution in [2.45, 2.75) is 37.1 Å². The highest BCUT2D eigenvalue weighted by molar-refractivity contribution is 6.06. The highest BCUT2D eigenvalue weighted by Gasteiger charge is 2.32. The third-order valence-electron chi connectivity index (χ3n) is 6.70. The highest BCUT2D eigenvalue weighted by Crippen LogP contribution is 2.32. The van der Waals surface area contributed by atoms with E-state index in [1.807, 2.05) is 0 Å². The van der Waals surface area contributed by atoms with Crippen LogP contribution in [-0.4, -0.2) is 76.7 Å². The second kappa shape index (κ2) is 10.7. The molecule has 2 fully saturated rings. The predicted molar refractivity (Wildman–Crippen MR) is 131 cm³/mol. The Hall–Kier alpha value is -3.55. The number of hydrogen-bond donors (Lipinski definition) is 4. The van der Waals surface area contributed by atoms with Crippen molar-refractivity contribution in [1.29, 1.82) is 0 Å². The fourth-order valence-corrected chi connectivity index (χ4v) is 4.62. The fourth-order valence-electron chi connectivity index (χ4n) is 4.62. The number of alkyl halides is 1. The van der Waals surface area contributed by atoms with Crippen LogP contribution in [0.5, 0.6) is 5.75 Å². The molecule has 0 bridgehead atoms. The number of halogens is 3. The molecule has 2 aliphatic rings. The van der Waals surface area contributed by atoms with E-state index in [-0.39, 0.29) is 72.1 Å². The van der Waals surface area contributed by atoms with Crippen LogP contribution in [0, 0.1) is 11.6 Å². The van der Waals surface area contributed by atoms with Gasteiger partial charge in [-0.25, -0.2) is 28.1 Å². The van der Waals surface area contributed by atoms with Gasteiger partial charge < -0.3 is 30.9 Å². The van der Waals surface area contributed by atoms with E-state index in [1.54, 1.807) is 0 Å². The van der Waals surface area contributed by atoms with E-state index in [4.69, 9.17) is 15.2 Å². The SMILES string of the molecule is NC(=O)c1cc(-c2cc(F)c(OCC3(O)CCOCC3)c(F)c2)nc2c(N[C@@H]3CNC[C@@H](F)C3)ncnc12. The first-order valence-electron chi connectivity index (χ1n) is 12.2. The molecule has 5 N–H and O–H groups in total. The summed E-state index contributed by atoms with van der Waals surface area (Å²) in [4.78, 5) is 25.1. The van der Waals surface area contributed by atoms with E-state index in [9.17, 15) is 14.3 Å². The zero-order valence-electron chi connectivity index (χ0n) is 20.3. The number of aromatic nitrogens is 3. The number of nitrogens with zero attached hydrogens (tertiary/aromatic N) is 3. The molecular formula is C25H27F3N6O4. The lowest BCUT2D eigenvalue weighted by Crippen LogP contribution is -2.44. The number of fused-ring (bicyclic) bond motifs is 1. The molecule has 0 saturated carbocycles. The third-order valence-corrected chi connectivity index (χ3v) is 6.70. The number of piperidine rings is 1. The van der Waals surface area contributed by atoms with Gasteiger partial charge >= 0.3 is 0 Å². The number of hydrogen-bond acceptors (Lipinski definition) is 9. The van der Waals surface area contributed by atoms with Crippen LogP contribution in [0.25, 0.3) is 22.3 Å². The Kier molecular flexibility index (Phi) is 7.32. The minimum absolute atomic E-state index is 0.0134. The van der Waals surface area contributed by atoms with E-state index in [1.165, 1.54) is 12.4 Å². The van der Waals surface area contributed by atoms with Gasteiger partial charge in [0.15, 0.2) is 23.2 Å². The second-order valence-corrected chi connectivity index (χ2v) is 9.57. The van der Waals surface area contributed by atoms with Gasteiger partial charge in [-0.2, -0.15) is 0 Å². The molecule has 2 aromatic heterocycles. The number of primary amides is 1. The van der Waals surface area contributed by atoms with Crippen molar-refractivity contribution in [3.05, 3.63) is 41.7 Å². The molecule has 13 heteroatoms. The highest BCUT2D eigenvalue weighted by atomic mass is 19.1. The van der Waals surface area contributed by atoms with Crippen LogP contribution >= 0.6 is 0 Å². The van der Waals surface area contributed by atoms with Crippen molar-refractivity contribution in [2.24, 2.45) is 5.73 Å². The third kappa shape index (κ3) is 5.49. The molecule has 2 aliphatic heterocycles. The second-order valence-electron chi connectivity index (χ2n) is 9.57. The Balaban J connectivity index is 1.49. The molecular weight excluding hydrogens is 505 g/mol. The summed E-state index contributed by atoms with van der Waals surface area (Å²) < 4.78 is 54.4. The molecule has 2 saturated heterocycles.